The quantitative estimate of drug-likeness (QED) is 0.552. The highest BCUT2D eigenvalue weighted by molar-refractivity contribution is 5.92. The van der Waals surface area contributed by atoms with E-state index >= 15 is 0 Å². The molecule has 1 saturated heterocycles. The van der Waals surface area contributed by atoms with Gasteiger partial charge in [0.15, 0.2) is 0 Å². The van der Waals surface area contributed by atoms with Crippen LogP contribution in [-0.2, 0) is 9.47 Å². The summed E-state index contributed by atoms with van der Waals surface area (Å²) in [5.41, 5.74) is 0.445. The first-order valence-electron chi connectivity index (χ1n) is 4.73. The standard InChI is InChI=1S/C11H12O4/c1-13-11(12)9-4-2-3-5-10(9)15-7-8-6-14-8/h2-5,8H,6-7H2,1H3/t8-/m1/s1. The van der Waals surface area contributed by atoms with E-state index in [9.17, 15) is 4.79 Å². The molecule has 1 aliphatic heterocycles. The molecule has 2 rings (SSSR count). The van der Waals surface area contributed by atoms with Gasteiger partial charge in [0.05, 0.1) is 13.7 Å². The average molecular weight is 208 g/mol. The molecular weight excluding hydrogens is 196 g/mol. The first kappa shape index (κ1) is 9.98. The molecule has 4 heteroatoms. The lowest BCUT2D eigenvalue weighted by Crippen LogP contribution is -2.09. The van der Waals surface area contributed by atoms with Gasteiger partial charge in [-0.05, 0) is 12.1 Å². The molecule has 4 nitrogen and oxygen atoms in total. The Labute approximate surface area is 87.8 Å². The Morgan fingerprint density at radius 3 is 2.93 bits per heavy atom. The molecular formula is C11H12O4. The van der Waals surface area contributed by atoms with E-state index in [4.69, 9.17) is 9.47 Å². The molecule has 0 saturated carbocycles. The maximum Gasteiger partial charge on any atom is 0.341 e. The number of benzene rings is 1. The smallest absolute Gasteiger partial charge is 0.341 e. The molecule has 80 valence electrons. The number of esters is 1. The van der Waals surface area contributed by atoms with Gasteiger partial charge in [-0.2, -0.15) is 0 Å². The number of para-hydroxylation sites is 1. The van der Waals surface area contributed by atoms with Crippen molar-refractivity contribution in [1.82, 2.24) is 0 Å². The van der Waals surface area contributed by atoms with Crippen LogP contribution >= 0.6 is 0 Å². The lowest BCUT2D eigenvalue weighted by molar-refractivity contribution is 0.0595. The maximum absolute atomic E-state index is 11.4. The first-order valence-corrected chi connectivity index (χ1v) is 4.73. The van der Waals surface area contributed by atoms with Gasteiger partial charge in [0.25, 0.3) is 0 Å². The summed E-state index contributed by atoms with van der Waals surface area (Å²) in [4.78, 5) is 11.4. The van der Waals surface area contributed by atoms with Gasteiger partial charge in [-0.3, -0.25) is 0 Å². The van der Waals surface area contributed by atoms with Crippen molar-refractivity contribution in [1.29, 1.82) is 0 Å². The average Bonchev–Trinajstić information content (AvgIpc) is 3.09. The van der Waals surface area contributed by atoms with Crippen LogP contribution in [0.3, 0.4) is 0 Å². The van der Waals surface area contributed by atoms with E-state index in [1.165, 1.54) is 7.11 Å². The summed E-state index contributed by atoms with van der Waals surface area (Å²) >= 11 is 0. The van der Waals surface area contributed by atoms with Crippen LogP contribution in [0.25, 0.3) is 0 Å². The van der Waals surface area contributed by atoms with Gasteiger partial charge in [0, 0.05) is 0 Å². The molecule has 1 heterocycles. The van der Waals surface area contributed by atoms with E-state index in [0.717, 1.165) is 6.61 Å². The SMILES string of the molecule is COC(=O)c1ccccc1OC[C@H]1CO1. The molecule has 1 aromatic rings. The van der Waals surface area contributed by atoms with E-state index in [-0.39, 0.29) is 12.1 Å². The minimum atomic E-state index is -0.387. The van der Waals surface area contributed by atoms with Crippen molar-refractivity contribution >= 4 is 5.97 Å². The topological polar surface area (TPSA) is 48.1 Å². The van der Waals surface area contributed by atoms with Crippen LogP contribution in [0.1, 0.15) is 10.4 Å². The highest BCUT2D eigenvalue weighted by atomic mass is 16.6. The third kappa shape index (κ3) is 2.47. The van der Waals surface area contributed by atoms with Gasteiger partial charge in [0.2, 0.25) is 0 Å². The van der Waals surface area contributed by atoms with Gasteiger partial charge in [-0.1, -0.05) is 12.1 Å². The Bertz CT molecular complexity index is 357. The minimum absolute atomic E-state index is 0.177. The zero-order chi connectivity index (χ0) is 10.7. The number of hydrogen-bond donors (Lipinski definition) is 0. The molecule has 1 aromatic carbocycles. The maximum atomic E-state index is 11.4. The van der Waals surface area contributed by atoms with Crippen LogP contribution in [0.15, 0.2) is 24.3 Å². The molecule has 1 atom stereocenters. The number of ether oxygens (including phenoxy) is 3. The van der Waals surface area contributed by atoms with Gasteiger partial charge < -0.3 is 14.2 Å². The van der Waals surface area contributed by atoms with E-state index in [0.29, 0.717) is 17.9 Å². The Hall–Kier alpha value is -1.55. The van der Waals surface area contributed by atoms with Crippen LogP contribution in [-0.4, -0.2) is 32.4 Å². The zero-order valence-corrected chi connectivity index (χ0v) is 8.43. The lowest BCUT2D eigenvalue weighted by atomic mass is 10.2. The molecule has 0 aromatic heterocycles. The fraction of sp³-hybridized carbons (Fsp3) is 0.364. The second-order valence-corrected chi connectivity index (χ2v) is 3.25. The number of hydrogen-bond acceptors (Lipinski definition) is 4. The van der Waals surface area contributed by atoms with Crippen LogP contribution in [0.2, 0.25) is 0 Å². The van der Waals surface area contributed by atoms with Crippen LogP contribution < -0.4 is 4.74 Å². The van der Waals surface area contributed by atoms with Crippen molar-refractivity contribution in [3.05, 3.63) is 29.8 Å². The molecule has 0 aliphatic carbocycles. The van der Waals surface area contributed by atoms with E-state index in [1.807, 2.05) is 6.07 Å². The number of epoxide rings is 1. The van der Waals surface area contributed by atoms with Crippen LogP contribution in [0.4, 0.5) is 0 Å². The van der Waals surface area contributed by atoms with Gasteiger partial charge in [0.1, 0.15) is 24.0 Å². The largest absolute Gasteiger partial charge is 0.490 e. The third-order valence-electron chi connectivity index (χ3n) is 2.12. The summed E-state index contributed by atoms with van der Waals surface area (Å²) in [5.74, 6) is 0.155. The highest BCUT2D eigenvalue weighted by Gasteiger charge is 2.24. The Morgan fingerprint density at radius 2 is 2.27 bits per heavy atom. The molecule has 0 radical (unpaired) electrons. The summed E-state index contributed by atoms with van der Waals surface area (Å²) in [6.07, 6.45) is 0.177. The second-order valence-electron chi connectivity index (χ2n) is 3.25. The fourth-order valence-corrected chi connectivity index (χ4v) is 1.22. The molecule has 0 unspecified atom stereocenters. The predicted molar refractivity (Wildman–Crippen MR) is 53.0 cm³/mol. The highest BCUT2D eigenvalue weighted by Crippen LogP contribution is 2.20. The summed E-state index contributed by atoms with van der Waals surface area (Å²) < 4.78 is 15.1. The van der Waals surface area contributed by atoms with Gasteiger partial charge in [-0.25, -0.2) is 4.79 Å². The van der Waals surface area contributed by atoms with E-state index in [2.05, 4.69) is 4.74 Å². The Balaban J connectivity index is 2.09. The van der Waals surface area contributed by atoms with Gasteiger partial charge in [-0.15, -0.1) is 0 Å². The van der Waals surface area contributed by atoms with Crippen molar-refractivity contribution in [2.24, 2.45) is 0 Å². The van der Waals surface area contributed by atoms with Crippen molar-refractivity contribution in [2.45, 2.75) is 6.10 Å². The number of carbonyl (C=O) groups is 1. The summed E-state index contributed by atoms with van der Waals surface area (Å²) in [7, 11) is 1.35. The van der Waals surface area contributed by atoms with Crippen molar-refractivity contribution in [3.8, 4) is 5.75 Å². The molecule has 15 heavy (non-hydrogen) atoms. The molecule has 1 fully saturated rings. The Morgan fingerprint density at radius 1 is 1.53 bits per heavy atom. The zero-order valence-electron chi connectivity index (χ0n) is 8.43. The summed E-state index contributed by atoms with van der Waals surface area (Å²) in [6.45, 7) is 1.22. The lowest BCUT2D eigenvalue weighted by Gasteiger charge is -2.08. The number of methoxy groups -OCH3 is 1. The minimum Gasteiger partial charge on any atom is -0.490 e. The van der Waals surface area contributed by atoms with Crippen molar-refractivity contribution < 1.29 is 19.0 Å². The summed E-state index contributed by atoms with van der Waals surface area (Å²) in [5, 5.41) is 0. The van der Waals surface area contributed by atoms with E-state index < -0.39 is 0 Å². The normalized spacial score (nSPS) is 18.3. The Kier molecular flexibility index (Phi) is 2.87. The summed E-state index contributed by atoms with van der Waals surface area (Å²) in [6, 6.07) is 7.01. The van der Waals surface area contributed by atoms with E-state index in [1.54, 1.807) is 18.2 Å². The predicted octanol–water partition coefficient (Wildman–Crippen LogP) is 1.25. The number of carbonyl (C=O) groups excluding carboxylic acids is 1. The molecule has 0 N–H and O–H groups in total. The third-order valence-corrected chi connectivity index (χ3v) is 2.12. The van der Waals surface area contributed by atoms with Crippen LogP contribution in [0, 0.1) is 0 Å². The fourth-order valence-electron chi connectivity index (χ4n) is 1.22. The molecule has 0 spiro atoms. The molecule has 1 aliphatic rings. The number of rotatable bonds is 4. The molecule has 0 amide bonds. The molecule has 0 bridgehead atoms. The monoisotopic (exact) mass is 208 g/mol. The first-order chi connectivity index (χ1) is 7.31. The van der Waals surface area contributed by atoms with Crippen molar-refractivity contribution in [2.75, 3.05) is 20.3 Å². The second kappa shape index (κ2) is 4.31. The van der Waals surface area contributed by atoms with Crippen LogP contribution in [0.5, 0.6) is 5.75 Å². The van der Waals surface area contributed by atoms with Gasteiger partial charge >= 0.3 is 5.97 Å². The van der Waals surface area contributed by atoms with Crippen molar-refractivity contribution in [3.63, 3.8) is 0 Å².